The van der Waals surface area contributed by atoms with Crippen LogP contribution in [-0.4, -0.2) is 74.2 Å². The number of benzene rings is 3. The molecule has 1 saturated heterocycles. The lowest BCUT2D eigenvalue weighted by Crippen LogP contribution is -2.68. The maximum atomic E-state index is 13.8. The number of halogens is 1. The van der Waals surface area contributed by atoms with Gasteiger partial charge in [0.25, 0.3) is 0 Å². The fourth-order valence-corrected chi connectivity index (χ4v) is 7.60. The molecule has 12 heteroatoms. The van der Waals surface area contributed by atoms with Gasteiger partial charge in [0.1, 0.15) is 17.3 Å². The first-order valence-electron chi connectivity index (χ1n) is 13.0. The lowest BCUT2D eigenvalue weighted by atomic mass is 9.70. The van der Waals surface area contributed by atoms with Crippen LogP contribution in [-0.2, 0) is 15.4 Å². The smallest absolute Gasteiger partial charge is 0.322 e. The fraction of sp³-hybridized carbons (Fsp3) is 0.276. The third kappa shape index (κ3) is 4.48. The molecule has 4 aromatic rings. The van der Waals surface area contributed by atoms with E-state index in [0.29, 0.717) is 17.2 Å². The van der Waals surface area contributed by atoms with Gasteiger partial charge in [-0.2, -0.15) is 4.31 Å². The molecule has 0 saturated carbocycles. The Bertz CT molecular complexity index is 1750. The molecule has 1 aromatic heterocycles. The van der Waals surface area contributed by atoms with E-state index in [1.54, 1.807) is 25.3 Å². The molecular formula is C29H29FN4O6S. The standard InChI is InChI=1S/C29H29FN4O6S/c1-39-20-7-4-8-22(12-20)41(37,38)33-15-29(16-33)17-34(28(36)31-19-6-3-5-18(30)11-19)25(14-35)27-26(29)23-10-9-21(40-2)13-24(23)32-27/h3-13,25,32,35H,14-17H2,1-2H3,(H,31,36)/t25-/m0/s1. The molecule has 0 unspecified atom stereocenters. The third-order valence-corrected chi connectivity index (χ3v) is 9.68. The Balaban J connectivity index is 1.41. The number of hydrogen-bond acceptors (Lipinski definition) is 6. The number of hydrogen-bond donors (Lipinski definition) is 3. The van der Waals surface area contributed by atoms with Gasteiger partial charge >= 0.3 is 6.03 Å². The van der Waals surface area contributed by atoms with Crippen molar-refractivity contribution in [3.8, 4) is 11.5 Å². The minimum atomic E-state index is -3.86. The van der Waals surface area contributed by atoms with Crippen LogP contribution in [0.1, 0.15) is 17.3 Å². The predicted molar refractivity (Wildman–Crippen MR) is 150 cm³/mol. The molecule has 3 aromatic carbocycles. The Morgan fingerprint density at radius 1 is 1.05 bits per heavy atom. The highest BCUT2D eigenvalue weighted by molar-refractivity contribution is 7.89. The minimum Gasteiger partial charge on any atom is -0.497 e. The SMILES string of the molecule is COc1cccc(S(=O)(=O)N2CC3(CN(C(=O)Nc4cccc(F)c4)[C@@H](CO)c4[nH]c5cc(OC)ccc5c43)C2)c1. The van der Waals surface area contributed by atoms with E-state index >= 15 is 0 Å². The van der Waals surface area contributed by atoms with E-state index in [-0.39, 0.29) is 36.8 Å². The summed E-state index contributed by atoms with van der Waals surface area (Å²) in [7, 11) is -0.820. The number of aromatic amines is 1. The highest BCUT2D eigenvalue weighted by Crippen LogP contribution is 2.50. The van der Waals surface area contributed by atoms with Gasteiger partial charge in [-0.05, 0) is 48.0 Å². The van der Waals surface area contributed by atoms with Gasteiger partial charge in [0, 0.05) is 59.5 Å². The lowest BCUT2D eigenvalue weighted by molar-refractivity contribution is 0.0550. The van der Waals surface area contributed by atoms with Gasteiger partial charge in [0.05, 0.1) is 31.8 Å². The van der Waals surface area contributed by atoms with Crippen molar-refractivity contribution in [3.63, 3.8) is 0 Å². The molecule has 2 amide bonds. The van der Waals surface area contributed by atoms with Crippen LogP contribution in [0.15, 0.2) is 71.6 Å². The molecule has 214 valence electrons. The summed E-state index contributed by atoms with van der Waals surface area (Å²) in [5.41, 5.74) is 1.73. The number of carbonyl (C=O) groups is 1. The van der Waals surface area contributed by atoms with Crippen LogP contribution in [0, 0.1) is 5.82 Å². The number of aromatic nitrogens is 1. The average molecular weight is 581 g/mol. The molecule has 1 spiro atoms. The Hall–Kier alpha value is -4.13. The number of rotatable bonds is 6. The summed E-state index contributed by atoms with van der Waals surface area (Å²) in [4.78, 5) is 18.5. The van der Waals surface area contributed by atoms with Gasteiger partial charge in [-0.25, -0.2) is 17.6 Å². The van der Waals surface area contributed by atoms with E-state index in [4.69, 9.17) is 9.47 Å². The van der Waals surface area contributed by atoms with E-state index in [1.165, 1.54) is 46.6 Å². The second-order valence-electron chi connectivity index (χ2n) is 10.3. The number of fused-ring (bicyclic) bond motifs is 4. The van der Waals surface area contributed by atoms with Crippen LogP contribution in [0.2, 0.25) is 0 Å². The van der Waals surface area contributed by atoms with Crippen molar-refractivity contribution in [3.05, 3.63) is 83.8 Å². The summed E-state index contributed by atoms with van der Waals surface area (Å²) in [5.74, 6) is 0.556. The Morgan fingerprint density at radius 2 is 1.78 bits per heavy atom. The number of urea groups is 1. The molecule has 0 aliphatic carbocycles. The summed E-state index contributed by atoms with van der Waals surface area (Å²) in [6.07, 6.45) is 0. The Labute approximate surface area is 236 Å². The third-order valence-electron chi connectivity index (χ3n) is 7.89. The molecule has 3 heterocycles. The van der Waals surface area contributed by atoms with E-state index in [1.807, 2.05) is 18.2 Å². The van der Waals surface area contributed by atoms with Gasteiger partial charge in [-0.1, -0.05) is 12.1 Å². The number of amides is 2. The monoisotopic (exact) mass is 580 g/mol. The summed E-state index contributed by atoms with van der Waals surface area (Å²) in [6.45, 7) is -0.0221. The predicted octanol–water partition coefficient (Wildman–Crippen LogP) is 3.85. The van der Waals surface area contributed by atoms with Crippen molar-refractivity contribution >= 4 is 32.6 Å². The average Bonchev–Trinajstić information content (AvgIpc) is 3.34. The number of ether oxygens (including phenoxy) is 2. The van der Waals surface area contributed by atoms with E-state index in [9.17, 15) is 22.7 Å². The van der Waals surface area contributed by atoms with E-state index in [2.05, 4.69) is 10.3 Å². The number of aliphatic hydroxyl groups is 1. The van der Waals surface area contributed by atoms with Crippen molar-refractivity contribution < 1.29 is 32.2 Å². The largest absolute Gasteiger partial charge is 0.497 e. The van der Waals surface area contributed by atoms with Crippen molar-refractivity contribution in [2.45, 2.75) is 16.4 Å². The van der Waals surface area contributed by atoms with Gasteiger partial charge in [0.2, 0.25) is 10.0 Å². The van der Waals surface area contributed by atoms with Crippen LogP contribution in [0.3, 0.4) is 0 Å². The number of methoxy groups -OCH3 is 2. The van der Waals surface area contributed by atoms with Crippen LogP contribution in [0.25, 0.3) is 10.9 Å². The summed E-state index contributed by atoms with van der Waals surface area (Å²) in [6, 6.07) is 16.1. The van der Waals surface area contributed by atoms with Gasteiger partial charge in [-0.15, -0.1) is 0 Å². The second kappa shape index (κ2) is 10.1. The zero-order valence-electron chi connectivity index (χ0n) is 22.4. The molecule has 1 fully saturated rings. The number of aliphatic hydroxyl groups excluding tert-OH is 1. The van der Waals surface area contributed by atoms with E-state index in [0.717, 1.165) is 16.5 Å². The maximum Gasteiger partial charge on any atom is 0.322 e. The highest BCUT2D eigenvalue weighted by Gasteiger charge is 2.56. The maximum absolute atomic E-state index is 13.8. The molecular weight excluding hydrogens is 551 g/mol. The molecule has 2 aliphatic rings. The number of nitrogens with zero attached hydrogens (tertiary/aromatic N) is 2. The van der Waals surface area contributed by atoms with Gasteiger partial charge < -0.3 is 29.8 Å². The van der Waals surface area contributed by atoms with Crippen LogP contribution < -0.4 is 14.8 Å². The molecule has 0 bridgehead atoms. The minimum absolute atomic E-state index is 0.111. The zero-order valence-corrected chi connectivity index (χ0v) is 23.2. The van der Waals surface area contributed by atoms with Gasteiger partial charge in [-0.3, -0.25) is 0 Å². The molecule has 3 N–H and O–H groups in total. The van der Waals surface area contributed by atoms with Crippen molar-refractivity contribution in [2.24, 2.45) is 0 Å². The number of carbonyl (C=O) groups excluding carboxylic acids is 1. The van der Waals surface area contributed by atoms with Crippen LogP contribution >= 0.6 is 0 Å². The van der Waals surface area contributed by atoms with Crippen molar-refractivity contribution in [1.82, 2.24) is 14.2 Å². The summed E-state index contributed by atoms with van der Waals surface area (Å²) < 4.78 is 53.0. The topological polar surface area (TPSA) is 124 Å². The first kappa shape index (κ1) is 27.1. The molecule has 0 radical (unpaired) electrons. The second-order valence-corrected chi connectivity index (χ2v) is 12.3. The molecule has 10 nitrogen and oxygen atoms in total. The van der Waals surface area contributed by atoms with Gasteiger partial charge in [0.15, 0.2) is 0 Å². The fourth-order valence-electron chi connectivity index (χ4n) is 5.95. The number of H-pyrrole nitrogens is 1. The highest BCUT2D eigenvalue weighted by atomic mass is 32.2. The number of sulfonamides is 1. The molecule has 1 atom stereocenters. The number of anilines is 1. The molecule has 6 rings (SSSR count). The normalized spacial score (nSPS) is 18.1. The Morgan fingerprint density at radius 3 is 2.49 bits per heavy atom. The zero-order chi connectivity index (χ0) is 28.9. The quantitative estimate of drug-likeness (QED) is 0.318. The van der Waals surface area contributed by atoms with Crippen molar-refractivity contribution in [1.29, 1.82) is 0 Å². The van der Waals surface area contributed by atoms with E-state index < -0.39 is 33.3 Å². The number of nitrogens with one attached hydrogen (secondary N) is 2. The first-order valence-corrected chi connectivity index (χ1v) is 14.4. The van der Waals surface area contributed by atoms with Crippen molar-refractivity contribution in [2.75, 3.05) is 45.8 Å². The first-order chi connectivity index (χ1) is 19.7. The summed E-state index contributed by atoms with van der Waals surface area (Å²) in [5, 5.41) is 14.1. The Kier molecular flexibility index (Phi) is 6.63. The molecule has 2 aliphatic heterocycles. The van der Waals surface area contributed by atoms with Crippen LogP contribution in [0.4, 0.5) is 14.9 Å². The van der Waals surface area contributed by atoms with Crippen LogP contribution in [0.5, 0.6) is 11.5 Å². The summed E-state index contributed by atoms with van der Waals surface area (Å²) >= 11 is 0. The lowest BCUT2D eigenvalue weighted by Gasteiger charge is -2.55. The molecule has 41 heavy (non-hydrogen) atoms.